The van der Waals surface area contributed by atoms with Gasteiger partial charge >= 0.3 is 5.97 Å². The van der Waals surface area contributed by atoms with Crippen molar-refractivity contribution in [2.24, 2.45) is 0 Å². The summed E-state index contributed by atoms with van der Waals surface area (Å²) in [5, 5.41) is 8.51. The topological polar surface area (TPSA) is 37.3 Å². The van der Waals surface area contributed by atoms with Crippen molar-refractivity contribution in [3.05, 3.63) is 12.2 Å². The summed E-state index contributed by atoms with van der Waals surface area (Å²) in [6.45, 7) is 6.72. The molecule has 156 valence electrons. The Morgan fingerprint density at radius 3 is 1.35 bits per heavy atom. The lowest BCUT2D eigenvalue weighted by Crippen LogP contribution is -1.93. The molecule has 0 aliphatic heterocycles. The van der Waals surface area contributed by atoms with Crippen LogP contribution in [0.2, 0.25) is 0 Å². The predicted octanol–water partition coefficient (Wildman–Crippen LogP) is 8.70. The average Bonchev–Trinajstić information content (AvgIpc) is 2.63. The lowest BCUT2D eigenvalue weighted by Gasteiger charge is -1.99. The van der Waals surface area contributed by atoms with E-state index < -0.39 is 5.97 Å². The molecule has 0 radical (unpaired) electrons. The Morgan fingerprint density at radius 2 is 0.923 bits per heavy atom. The van der Waals surface area contributed by atoms with Gasteiger partial charge in [0.05, 0.1) is 0 Å². The molecule has 0 unspecified atom stereocenters. The van der Waals surface area contributed by atoms with Crippen LogP contribution in [0.15, 0.2) is 12.2 Å². The number of aliphatic carboxylic acids is 1. The molecule has 0 aromatic heterocycles. The maximum atomic E-state index is 10.3. The fourth-order valence-corrected chi connectivity index (χ4v) is 2.85. The molecule has 0 heterocycles. The normalized spacial score (nSPS) is 10.7. The van der Waals surface area contributed by atoms with Gasteiger partial charge in [0.2, 0.25) is 0 Å². The molecule has 2 nitrogen and oxygen atoms in total. The van der Waals surface area contributed by atoms with Gasteiger partial charge in [-0.1, -0.05) is 110 Å². The molecular formula is C24H48O2. The number of allylic oxidation sites excluding steroid dienone is 2. The molecule has 0 fully saturated rings. The van der Waals surface area contributed by atoms with Gasteiger partial charge in [-0.15, -0.1) is 0 Å². The first-order valence-corrected chi connectivity index (χ1v) is 11.6. The maximum absolute atomic E-state index is 10.3. The highest BCUT2D eigenvalue weighted by atomic mass is 16.4. The van der Waals surface area contributed by atoms with Gasteiger partial charge in [-0.05, 0) is 32.1 Å². The van der Waals surface area contributed by atoms with Gasteiger partial charge in [-0.3, -0.25) is 4.79 Å². The number of carboxylic acids is 1. The highest BCUT2D eigenvalue weighted by Crippen LogP contribution is 2.09. The minimum Gasteiger partial charge on any atom is -0.481 e. The van der Waals surface area contributed by atoms with Crippen LogP contribution in [0.25, 0.3) is 0 Å². The maximum Gasteiger partial charge on any atom is 0.303 e. The Hall–Kier alpha value is -0.790. The molecule has 0 aromatic carbocycles. The first-order valence-electron chi connectivity index (χ1n) is 11.6. The number of carboxylic acid groups (broad SMARTS) is 1. The van der Waals surface area contributed by atoms with Crippen LogP contribution in [0, 0.1) is 0 Å². The van der Waals surface area contributed by atoms with E-state index in [0.29, 0.717) is 6.42 Å². The van der Waals surface area contributed by atoms with Crippen LogP contribution in [0.4, 0.5) is 0 Å². The van der Waals surface area contributed by atoms with E-state index in [0.717, 1.165) is 12.8 Å². The van der Waals surface area contributed by atoms with Crippen LogP contribution in [0.5, 0.6) is 0 Å². The minimum absolute atomic E-state index is 0.332. The smallest absolute Gasteiger partial charge is 0.303 e. The van der Waals surface area contributed by atoms with Gasteiger partial charge in [0.25, 0.3) is 0 Å². The highest BCUT2D eigenvalue weighted by molar-refractivity contribution is 5.66. The molecule has 0 aliphatic rings. The Balaban J connectivity index is 0. The summed E-state index contributed by atoms with van der Waals surface area (Å²) in [7, 11) is 0. The van der Waals surface area contributed by atoms with Gasteiger partial charge in [-0.25, -0.2) is 0 Å². The van der Waals surface area contributed by atoms with Crippen molar-refractivity contribution in [1.29, 1.82) is 0 Å². The third kappa shape index (κ3) is 31.0. The average molecular weight is 369 g/mol. The standard InChI is InChI=1S/C18H34O2.C6H14/c1-2-3-4-5-6-7-8-9-10-11-12-13-14-15-16-17-18(19)20;1-3-5-6-4-2/h9-10H,2-8,11-17H2,1H3,(H,19,20);3-6H2,1-2H3/b10-9-;. The van der Waals surface area contributed by atoms with E-state index in [9.17, 15) is 4.79 Å². The van der Waals surface area contributed by atoms with Gasteiger partial charge in [-0.2, -0.15) is 0 Å². The van der Waals surface area contributed by atoms with E-state index in [-0.39, 0.29) is 0 Å². The van der Waals surface area contributed by atoms with Crippen LogP contribution in [-0.2, 0) is 4.79 Å². The Morgan fingerprint density at radius 1 is 0.577 bits per heavy atom. The third-order valence-electron chi connectivity index (χ3n) is 4.61. The van der Waals surface area contributed by atoms with Crippen molar-refractivity contribution in [2.45, 2.75) is 136 Å². The zero-order chi connectivity index (χ0) is 19.7. The van der Waals surface area contributed by atoms with Crippen molar-refractivity contribution in [3.63, 3.8) is 0 Å². The Bertz CT molecular complexity index is 280. The fraction of sp³-hybridized carbons (Fsp3) is 0.875. The van der Waals surface area contributed by atoms with E-state index >= 15 is 0 Å². The van der Waals surface area contributed by atoms with Crippen LogP contribution >= 0.6 is 0 Å². The van der Waals surface area contributed by atoms with Crippen LogP contribution < -0.4 is 0 Å². The minimum atomic E-state index is -0.664. The number of hydrogen-bond donors (Lipinski definition) is 1. The largest absolute Gasteiger partial charge is 0.481 e. The summed E-state index contributed by atoms with van der Waals surface area (Å²) in [5.41, 5.74) is 0. The van der Waals surface area contributed by atoms with Crippen molar-refractivity contribution in [1.82, 2.24) is 0 Å². The molecular weight excluding hydrogens is 320 g/mol. The quantitative estimate of drug-likeness (QED) is 0.194. The zero-order valence-electron chi connectivity index (χ0n) is 18.2. The SMILES string of the molecule is CCCCCC.CCCCCCCC/C=C\CCCCCCCC(=O)O. The van der Waals surface area contributed by atoms with Crippen LogP contribution in [0.3, 0.4) is 0 Å². The number of hydrogen-bond acceptors (Lipinski definition) is 1. The summed E-state index contributed by atoms with van der Waals surface area (Å²) >= 11 is 0. The van der Waals surface area contributed by atoms with E-state index in [1.165, 1.54) is 96.3 Å². The molecule has 0 bridgehead atoms. The molecule has 0 amide bonds. The van der Waals surface area contributed by atoms with E-state index in [1.54, 1.807) is 0 Å². The summed E-state index contributed by atoms with van der Waals surface area (Å²) in [4.78, 5) is 10.3. The molecule has 0 saturated carbocycles. The molecule has 0 atom stereocenters. The zero-order valence-corrected chi connectivity index (χ0v) is 18.2. The lowest BCUT2D eigenvalue weighted by atomic mass is 10.1. The second-order valence-corrected chi connectivity index (χ2v) is 7.44. The fourth-order valence-electron chi connectivity index (χ4n) is 2.85. The Kier molecular flexibility index (Phi) is 27.9. The first-order chi connectivity index (χ1) is 12.7. The highest BCUT2D eigenvalue weighted by Gasteiger charge is 1.95. The predicted molar refractivity (Wildman–Crippen MR) is 117 cm³/mol. The van der Waals surface area contributed by atoms with Gasteiger partial charge in [0, 0.05) is 6.42 Å². The molecule has 0 aliphatic carbocycles. The molecule has 0 saturated heterocycles. The molecule has 0 spiro atoms. The van der Waals surface area contributed by atoms with E-state index in [1.807, 2.05) is 0 Å². The third-order valence-corrected chi connectivity index (χ3v) is 4.61. The van der Waals surface area contributed by atoms with Gasteiger partial charge < -0.3 is 5.11 Å². The molecule has 0 aromatic rings. The molecule has 2 heteroatoms. The van der Waals surface area contributed by atoms with Crippen molar-refractivity contribution in [2.75, 3.05) is 0 Å². The van der Waals surface area contributed by atoms with Gasteiger partial charge in [0.1, 0.15) is 0 Å². The second-order valence-electron chi connectivity index (χ2n) is 7.44. The lowest BCUT2D eigenvalue weighted by molar-refractivity contribution is -0.137. The van der Waals surface area contributed by atoms with E-state index in [2.05, 4.69) is 32.9 Å². The Labute approximate surface area is 164 Å². The summed E-state index contributed by atoms with van der Waals surface area (Å²) in [6, 6.07) is 0. The van der Waals surface area contributed by atoms with E-state index in [4.69, 9.17) is 5.11 Å². The first kappa shape index (κ1) is 27.4. The molecule has 0 rings (SSSR count). The number of unbranched alkanes of at least 4 members (excludes halogenated alkanes) is 14. The van der Waals surface area contributed by atoms with Crippen molar-refractivity contribution in [3.8, 4) is 0 Å². The van der Waals surface area contributed by atoms with Crippen molar-refractivity contribution < 1.29 is 9.90 Å². The second kappa shape index (κ2) is 26.4. The van der Waals surface area contributed by atoms with Crippen molar-refractivity contribution >= 4 is 5.97 Å². The summed E-state index contributed by atoms with van der Waals surface area (Å²) in [5.74, 6) is -0.664. The number of rotatable bonds is 18. The molecule has 1 N–H and O–H groups in total. The van der Waals surface area contributed by atoms with Gasteiger partial charge in [0.15, 0.2) is 0 Å². The monoisotopic (exact) mass is 368 g/mol. The van der Waals surface area contributed by atoms with Crippen LogP contribution in [0.1, 0.15) is 136 Å². The van der Waals surface area contributed by atoms with Crippen LogP contribution in [-0.4, -0.2) is 11.1 Å². The summed E-state index contributed by atoms with van der Waals surface area (Å²) in [6.07, 6.45) is 26.8. The summed E-state index contributed by atoms with van der Waals surface area (Å²) < 4.78 is 0. The molecule has 26 heavy (non-hydrogen) atoms. The number of carbonyl (C=O) groups is 1.